The van der Waals surface area contributed by atoms with Gasteiger partial charge >= 0.3 is 0 Å². The number of piperidine rings is 1. The van der Waals surface area contributed by atoms with Crippen LogP contribution in [0.5, 0.6) is 5.75 Å². The van der Waals surface area contributed by atoms with Gasteiger partial charge in [0.05, 0.1) is 6.10 Å². The molecule has 1 aromatic carbocycles. The normalized spacial score (nSPS) is 19.8. The Labute approximate surface area is 158 Å². The third kappa shape index (κ3) is 5.37. The fourth-order valence-corrected chi connectivity index (χ4v) is 3.62. The first kappa shape index (κ1) is 19.0. The van der Waals surface area contributed by atoms with Crippen molar-refractivity contribution in [3.63, 3.8) is 0 Å². The topological polar surface area (TPSA) is 48.9 Å². The van der Waals surface area contributed by atoms with Gasteiger partial charge in [0.15, 0.2) is 5.96 Å². The van der Waals surface area contributed by atoms with E-state index in [-0.39, 0.29) is 0 Å². The van der Waals surface area contributed by atoms with E-state index < -0.39 is 0 Å². The van der Waals surface area contributed by atoms with E-state index in [9.17, 15) is 0 Å². The molecule has 0 unspecified atom stereocenters. The number of ether oxygens (including phenoxy) is 1. The van der Waals surface area contributed by atoms with Gasteiger partial charge in [-0.05, 0) is 51.1 Å². The maximum atomic E-state index is 6.13. The summed E-state index contributed by atoms with van der Waals surface area (Å²) in [6, 6.07) is 8.85. The number of nitrogens with zero attached hydrogens (tertiary/aromatic N) is 2. The van der Waals surface area contributed by atoms with Crippen molar-refractivity contribution < 1.29 is 4.74 Å². The van der Waals surface area contributed by atoms with Gasteiger partial charge in [-0.2, -0.15) is 0 Å². The van der Waals surface area contributed by atoms with Gasteiger partial charge in [0.1, 0.15) is 5.75 Å². The minimum atomic E-state index is 0.405. The number of nitrogens with one attached hydrogen (secondary N) is 2. The van der Waals surface area contributed by atoms with Gasteiger partial charge in [0.2, 0.25) is 0 Å². The van der Waals surface area contributed by atoms with Crippen molar-refractivity contribution in [3.05, 3.63) is 29.8 Å². The quantitative estimate of drug-likeness (QED) is 0.581. The lowest BCUT2D eigenvalue weighted by Crippen LogP contribution is -2.48. The molecule has 1 saturated heterocycles. The van der Waals surface area contributed by atoms with E-state index in [0.717, 1.165) is 18.3 Å². The predicted molar refractivity (Wildman–Crippen MR) is 108 cm³/mol. The van der Waals surface area contributed by atoms with Gasteiger partial charge in [-0.1, -0.05) is 25.1 Å². The molecule has 1 aliphatic heterocycles. The monoisotopic (exact) mass is 358 g/mol. The number of hydrogen-bond acceptors (Lipinski definition) is 3. The third-order valence-corrected chi connectivity index (χ3v) is 5.46. The first-order valence-electron chi connectivity index (χ1n) is 10.2. The molecule has 26 heavy (non-hydrogen) atoms. The summed E-state index contributed by atoms with van der Waals surface area (Å²) in [5.74, 6) is 1.89. The summed E-state index contributed by atoms with van der Waals surface area (Å²) >= 11 is 0. The molecule has 3 rings (SSSR count). The molecule has 0 amide bonds. The first-order valence-corrected chi connectivity index (χ1v) is 10.2. The lowest BCUT2D eigenvalue weighted by Gasteiger charge is -2.33. The van der Waals surface area contributed by atoms with Gasteiger partial charge in [-0.15, -0.1) is 0 Å². The number of para-hydroxylation sites is 1. The van der Waals surface area contributed by atoms with Crippen LogP contribution in [0.2, 0.25) is 0 Å². The molecule has 2 N–H and O–H groups in total. The lowest BCUT2D eigenvalue weighted by atomic mass is 9.96. The molecular weight excluding hydrogens is 324 g/mol. The number of aliphatic imine (C=N–C) groups is 1. The van der Waals surface area contributed by atoms with E-state index >= 15 is 0 Å². The van der Waals surface area contributed by atoms with Crippen LogP contribution < -0.4 is 15.4 Å². The third-order valence-electron chi connectivity index (χ3n) is 5.46. The first-order chi connectivity index (χ1) is 12.8. The number of rotatable bonds is 7. The Morgan fingerprint density at radius 1 is 1.19 bits per heavy atom. The highest BCUT2D eigenvalue weighted by Gasteiger charge is 2.21. The van der Waals surface area contributed by atoms with E-state index in [1.54, 1.807) is 0 Å². The number of benzene rings is 1. The molecule has 144 valence electrons. The minimum Gasteiger partial charge on any atom is -0.490 e. The summed E-state index contributed by atoms with van der Waals surface area (Å²) in [6.07, 6.45) is 7.66. The van der Waals surface area contributed by atoms with Gasteiger partial charge in [0, 0.05) is 38.3 Å². The SMILES string of the molecule is CCCN1CCC(NC(=NC)NCc2ccccc2OC2CCC2)CC1. The Morgan fingerprint density at radius 3 is 2.62 bits per heavy atom. The molecule has 5 heteroatoms. The van der Waals surface area contributed by atoms with Crippen LogP contribution in [0.1, 0.15) is 51.0 Å². The van der Waals surface area contributed by atoms with E-state index in [1.165, 1.54) is 63.7 Å². The lowest BCUT2D eigenvalue weighted by molar-refractivity contribution is 0.119. The molecule has 0 bridgehead atoms. The highest BCUT2D eigenvalue weighted by atomic mass is 16.5. The second-order valence-corrected chi connectivity index (χ2v) is 7.46. The number of likely N-dealkylation sites (tertiary alicyclic amines) is 1. The molecule has 1 aliphatic carbocycles. The highest BCUT2D eigenvalue weighted by Crippen LogP contribution is 2.27. The van der Waals surface area contributed by atoms with Crippen molar-refractivity contribution in [1.82, 2.24) is 15.5 Å². The van der Waals surface area contributed by atoms with E-state index in [1.807, 2.05) is 7.05 Å². The molecule has 1 saturated carbocycles. The Hall–Kier alpha value is -1.75. The zero-order valence-corrected chi connectivity index (χ0v) is 16.3. The van der Waals surface area contributed by atoms with Crippen LogP contribution in [0.25, 0.3) is 0 Å². The molecule has 0 atom stereocenters. The van der Waals surface area contributed by atoms with Gasteiger partial charge in [-0.25, -0.2) is 0 Å². The number of guanidine groups is 1. The predicted octanol–water partition coefficient (Wildman–Crippen LogP) is 3.16. The molecule has 1 aromatic rings. The summed E-state index contributed by atoms with van der Waals surface area (Å²) in [5.41, 5.74) is 1.19. The average molecular weight is 359 g/mol. The van der Waals surface area contributed by atoms with Crippen molar-refractivity contribution in [1.29, 1.82) is 0 Å². The minimum absolute atomic E-state index is 0.405. The summed E-state index contributed by atoms with van der Waals surface area (Å²) in [6.45, 7) is 6.57. The standard InChI is InChI=1S/C21H34N4O/c1-3-13-25-14-11-18(12-15-25)24-21(22-2)23-16-17-7-4-5-10-20(17)26-19-8-6-9-19/h4-5,7,10,18-19H,3,6,8-9,11-16H2,1-2H3,(H2,22,23,24). The fourth-order valence-electron chi connectivity index (χ4n) is 3.62. The zero-order valence-electron chi connectivity index (χ0n) is 16.3. The van der Waals surface area contributed by atoms with Crippen molar-refractivity contribution in [2.45, 2.75) is 64.1 Å². The van der Waals surface area contributed by atoms with Crippen LogP contribution >= 0.6 is 0 Å². The Kier molecular flexibility index (Phi) is 7.18. The Morgan fingerprint density at radius 2 is 1.96 bits per heavy atom. The number of hydrogen-bond donors (Lipinski definition) is 2. The van der Waals surface area contributed by atoms with Crippen molar-refractivity contribution in [2.75, 3.05) is 26.7 Å². The second kappa shape index (κ2) is 9.81. The molecule has 5 nitrogen and oxygen atoms in total. The molecule has 0 spiro atoms. The van der Waals surface area contributed by atoms with Crippen LogP contribution in [0.3, 0.4) is 0 Å². The van der Waals surface area contributed by atoms with Crippen LogP contribution in [0.15, 0.2) is 29.3 Å². The Balaban J connectivity index is 1.47. The maximum Gasteiger partial charge on any atom is 0.191 e. The molecule has 2 aliphatic rings. The fraction of sp³-hybridized carbons (Fsp3) is 0.667. The van der Waals surface area contributed by atoms with E-state index in [4.69, 9.17) is 4.74 Å². The van der Waals surface area contributed by atoms with Crippen molar-refractivity contribution >= 4 is 5.96 Å². The van der Waals surface area contributed by atoms with Crippen molar-refractivity contribution in [2.24, 2.45) is 4.99 Å². The van der Waals surface area contributed by atoms with Gasteiger partial charge in [-0.3, -0.25) is 4.99 Å². The molecule has 2 fully saturated rings. The summed E-state index contributed by atoms with van der Waals surface area (Å²) in [5, 5.41) is 7.06. The van der Waals surface area contributed by atoms with Crippen LogP contribution in [0, 0.1) is 0 Å². The van der Waals surface area contributed by atoms with E-state index in [0.29, 0.717) is 12.1 Å². The highest BCUT2D eigenvalue weighted by molar-refractivity contribution is 5.80. The van der Waals surface area contributed by atoms with Gasteiger partial charge in [0.25, 0.3) is 0 Å². The second-order valence-electron chi connectivity index (χ2n) is 7.46. The molecule has 0 aromatic heterocycles. The summed E-state index contributed by atoms with van der Waals surface area (Å²) < 4.78 is 6.13. The Bertz CT molecular complexity index is 577. The zero-order chi connectivity index (χ0) is 18.2. The van der Waals surface area contributed by atoms with Crippen LogP contribution in [0.4, 0.5) is 0 Å². The van der Waals surface area contributed by atoms with Crippen LogP contribution in [-0.4, -0.2) is 49.7 Å². The van der Waals surface area contributed by atoms with Crippen molar-refractivity contribution in [3.8, 4) is 5.75 Å². The van der Waals surface area contributed by atoms with E-state index in [2.05, 4.69) is 51.7 Å². The smallest absolute Gasteiger partial charge is 0.191 e. The maximum absolute atomic E-state index is 6.13. The molecular formula is C21H34N4O. The van der Waals surface area contributed by atoms with Gasteiger partial charge < -0.3 is 20.3 Å². The van der Waals surface area contributed by atoms with Crippen LogP contribution in [-0.2, 0) is 6.54 Å². The largest absolute Gasteiger partial charge is 0.490 e. The molecule has 1 heterocycles. The average Bonchev–Trinajstić information content (AvgIpc) is 2.64. The molecule has 0 radical (unpaired) electrons. The summed E-state index contributed by atoms with van der Waals surface area (Å²) in [7, 11) is 1.85. The summed E-state index contributed by atoms with van der Waals surface area (Å²) in [4.78, 5) is 6.97.